The first kappa shape index (κ1) is 20.2. The van der Waals surface area contributed by atoms with E-state index in [0.29, 0.717) is 37.0 Å². The summed E-state index contributed by atoms with van der Waals surface area (Å²) in [5.74, 6) is 0.368. The number of benzene rings is 1. The minimum absolute atomic E-state index is 0.000611. The number of fused-ring (bicyclic) bond motifs is 1. The largest absolute Gasteiger partial charge is 0.486 e. The van der Waals surface area contributed by atoms with Crippen molar-refractivity contribution in [3.05, 3.63) is 18.2 Å². The Kier molecular flexibility index (Phi) is 6.53. The lowest BCUT2D eigenvalue weighted by Gasteiger charge is -2.22. The van der Waals surface area contributed by atoms with Crippen molar-refractivity contribution in [3.63, 3.8) is 0 Å². The molecule has 3 rings (SSSR count). The normalized spacial score (nSPS) is 19.1. The first-order valence-corrected chi connectivity index (χ1v) is 9.44. The summed E-state index contributed by atoms with van der Waals surface area (Å²) in [5, 5.41) is 3.26. The maximum absolute atomic E-state index is 12.4. The molecule has 0 aliphatic carbocycles. The van der Waals surface area contributed by atoms with E-state index in [9.17, 15) is 9.59 Å². The fourth-order valence-corrected chi connectivity index (χ4v) is 3.36. The molecule has 2 heterocycles. The van der Waals surface area contributed by atoms with E-state index < -0.39 is 5.92 Å². The zero-order valence-corrected chi connectivity index (χ0v) is 16.6. The van der Waals surface area contributed by atoms with Crippen molar-refractivity contribution in [1.82, 2.24) is 16.2 Å². The number of hydrogen-bond donors (Lipinski definition) is 3. The lowest BCUT2D eigenvalue weighted by Crippen LogP contribution is -2.51. The molecule has 0 spiro atoms. The molecule has 10 heteroatoms. The number of rotatable bonds is 5. The van der Waals surface area contributed by atoms with Gasteiger partial charge in [0.15, 0.2) is 16.6 Å². The molecule has 9 nitrogen and oxygen atoms in total. The fraction of sp³-hybridized carbons (Fsp3) is 0.500. The highest BCUT2D eigenvalue weighted by molar-refractivity contribution is 7.80. The number of amides is 2. The maximum atomic E-state index is 12.4. The molecule has 0 unspecified atom stereocenters. The number of carbonyl (C=O) groups excluding carboxylic acids is 2. The van der Waals surface area contributed by atoms with Crippen molar-refractivity contribution in [1.29, 1.82) is 0 Å². The first-order chi connectivity index (χ1) is 13.5. The number of nitrogens with zero attached hydrogens (tertiary/aromatic N) is 1. The van der Waals surface area contributed by atoms with Crippen molar-refractivity contribution in [2.75, 3.05) is 38.4 Å². The van der Waals surface area contributed by atoms with Gasteiger partial charge >= 0.3 is 0 Å². The van der Waals surface area contributed by atoms with Crippen LogP contribution in [0.4, 0.5) is 5.69 Å². The number of anilines is 1. The molecule has 2 atom stereocenters. The van der Waals surface area contributed by atoms with Crippen LogP contribution in [0.3, 0.4) is 0 Å². The average molecular weight is 408 g/mol. The third-order valence-corrected chi connectivity index (χ3v) is 4.65. The molecular formula is C18H24N4O5S. The second-order valence-corrected chi connectivity index (χ2v) is 7.09. The standard InChI is InChI=1S/C18H24N4O5S/c1-11(10-25-2)19-18(28)21-20-17(24)12-7-16(23)22(9-12)13-3-4-14-15(8-13)27-6-5-26-14/h3-4,8,11-12H,5-7,9-10H2,1-2H3,(H,20,24)(H2,19,21,28)/t11-,12-/m1/s1. The van der Waals surface area contributed by atoms with Crippen molar-refractivity contribution >= 4 is 34.8 Å². The van der Waals surface area contributed by atoms with E-state index in [1.165, 1.54) is 0 Å². The van der Waals surface area contributed by atoms with Crippen molar-refractivity contribution in [2.24, 2.45) is 5.92 Å². The molecule has 2 amide bonds. The molecule has 0 radical (unpaired) electrons. The molecule has 0 aromatic heterocycles. The highest BCUT2D eigenvalue weighted by Gasteiger charge is 2.35. The SMILES string of the molecule is COC[C@@H](C)NC(=S)NNC(=O)[C@@H]1CC(=O)N(c2ccc3c(c2)OCCO3)C1. The van der Waals surface area contributed by atoms with Gasteiger partial charge in [0.2, 0.25) is 11.8 Å². The third kappa shape index (κ3) is 4.82. The zero-order valence-electron chi connectivity index (χ0n) is 15.8. The Bertz CT molecular complexity index is 759. The quantitative estimate of drug-likeness (QED) is 0.474. The van der Waals surface area contributed by atoms with E-state index in [2.05, 4.69) is 16.2 Å². The number of hydrazine groups is 1. The summed E-state index contributed by atoms with van der Waals surface area (Å²) in [6.45, 7) is 3.65. The van der Waals surface area contributed by atoms with Gasteiger partial charge in [-0.1, -0.05) is 0 Å². The van der Waals surface area contributed by atoms with Gasteiger partial charge in [0.05, 0.1) is 12.5 Å². The molecule has 1 aromatic carbocycles. The highest BCUT2D eigenvalue weighted by Crippen LogP contribution is 2.35. The molecule has 1 saturated heterocycles. The Morgan fingerprint density at radius 3 is 2.82 bits per heavy atom. The van der Waals surface area contributed by atoms with Crippen LogP contribution in [0.1, 0.15) is 13.3 Å². The van der Waals surface area contributed by atoms with Crippen LogP contribution in [0.25, 0.3) is 0 Å². The van der Waals surface area contributed by atoms with Gasteiger partial charge in [-0.3, -0.25) is 20.4 Å². The number of nitrogens with one attached hydrogen (secondary N) is 3. The van der Waals surface area contributed by atoms with Crippen molar-refractivity contribution in [2.45, 2.75) is 19.4 Å². The van der Waals surface area contributed by atoms with Gasteiger partial charge < -0.3 is 24.4 Å². The molecule has 2 aliphatic rings. The van der Waals surface area contributed by atoms with Crippen LogP contribution < -0.4 is 30.5 Å². The first-order valence-electron chi connectivity index (χ1n) is 9.03. The van der Waals surface area contributed by atoms with Crippen LogP contribution >= 0.6 is 12.2 Å². The molecule has 3 N–H and O–H groups in total. The Morgan fingerprint density at radius 1 is 1.32 bits per heavy atom. The molecule has 0 saturated carbocycles. The van der Waals surface area contributed by atoms with E-state index in [-0.39, 0.29) is 35.9 Å². The van der Waals surface area contributed by atoms with Gasteiger partial charge in [0.1, 0.15) is 13.2 Å². The van der Waals surface area contributed by atoms with Crippen LogP contribution in [0, 0.1) is 5.92 Å². The summed E-state index contributed by atoms with van der Waals surface area (Å²) in [5.41, 5.74) is 5.90. The van der Waals surface area contributed by atoms with Crippen molar-refractivity contribution in [3.8, 4) is 11.5 Å². The van der Waals surface area contributed by atoms with Gasteiger partial charge in [-0.15, -0.1) is 0 Å². The summed E-state index contributed by atoms with van der Waals surface area (Å²) in [4.78, 5) is 26.4. The van der Waals surface area contributed by atoms with Crippen LogP contribution in [0.5, 0.6) is 11.5 Å². The summed E-state index contributed by atoms with van der Waals surface area (Å²) >= 11 is 5.12. The number of ether oxygens (including phenoxy) is 3. The maximum Gasteiger partial charge on any atom is 0.243 e. The Morgan fingerprint density at radius 2 is 2.07 bits per heavy atom. The van der Waals surface area contributed by atoms with Crippen molar-refractivity contribution < 1.29 is 23.8 Å². The molecule has 2 aliphatic heterocycles. The average Bonchev–Trinajstić information content (AvgIpc) is 3.07. The molecule has 152 valence electrons. The summed E-state index contributed by atoms with van der Waals surface area (Å²) in [6.07, 6.45) is 0.127. The van der Waals surface area contributed by atoms with Crippen LogP contribution in [0.2, 0.25) is 0 Å². The molecular weight excluding hydrogens is 384 g/mol. The smallest absolute Gasteiger partial charge is 0.243 e. The topological polar surface area (TPSA) is 101 Å². The van der Waals surface area contributed by atoms with E-state index in [1.54, 1.807) is 30.2 Å². The minimum Gasteiger partial charge on any atom is -0.486 e. The predicted molar refractivity (Wildman–Crippen MR) is 106 cm³/mol. The van der Waals surface area contributed by atoms with Crippen LogP contribution in [-0.4, -0.2) is 56.4 Å². The lowest BCUT2D eigenvalue weighted by atomic mass is 10.1. The van der Waals surface area contributed by atoms with Gasteiger partial charge in [0.25, 0.3) is 0 Å². The summed E-state index contributed by atoms with van der Waals surface area (Å²) < 4.78 is 16.1. The molecule has 28 heavy (non-hydrogen) atoms. The van der Waals surface area contributed by atoms with Gasteiger partial charge in [-0.05, 0) is 31.3 Å². The minimum atomic E-state index is -0.479. The summed E-state index contributed by atoms with van der Waals surface area (Å²) in [7, 11) is 1.60. The number of thiocarbonyl (C=S) groups is 1. The predicted octanol–water partition coefficient (Wildman–Crippen LogP) is 0.341. The van der Waals surface area contributed by atoms with Gasteiger partial charge in [-0.2, -0.15) is 0 Å². The van der Waals surface area contributed by atoms with Gasteiger partial charge in [0, 0.05) is 37.9 Å². The summed E-state index contributed by atoms with van der Waals surface area (Å²) in [6, 6.07) is 5.33. The monoisotopic (exact) mass is 408 g/mol. The number of carbonyl (C=O) groups is 2. The molecule has 1 fully saturated rings. The van der Waals surface area contributed by atoms with Gasteiger partial charge in [-0.25, -0.2) is 0 Å². The second-order valence-electron chi connectivity index (χ2n) is 6.68. The van der Waals surface area contributed by atoms with Crippen LogP contribution in [-0.2, 0) is 14.3 Å². The number of methoxy groups -OCH3 is 1. The number of hydrogen-bond acceptors (Lipinski definition) is 6. The van der Waals surface area contributed by atoms with E-state index in [4.69, 9.17) is 26.4 Å². The zero-order chi connectivity index (χ0) is 20.1. The Hall–Kier alpha value is -2.59. The highest BCUT2D eigenvalue weighted by atomic mass is 32.1. The third-order valence-electron chi connectivity index (χ3n) is 4.43. The van der Waals surface area contributed by atoms with E-state index >= 15 is 0 Å². The van der Waals surface area contributed by atoms with E-state index in [1.807, 2.05) is 6.92 Å². The van der Waals surface area contributed by atoms with E-state index in [0.717, 1.165) is 0 Å². The fourth-order valence-electron chi connectivity index (χ4n) is 3.10. The Labute approximate surface area is 168 Å². The van der Waals surface area contributed by atoms with Crippen LogP contribution in [0.15, 0.2) is 18.2 Å². The second kappa shape index (κ2) is 9.07. The molecule has 1 aromatic rings. The Balaban J connectivity index is 1.54. The molecule has 0 bridgehead atoms. The lowest BCUT2D eigenvalue weighted by molar-refractivity contribution is -0.126.